The molecule has 0 atom stereocenters. The van der Waals surface area contributed by atoms with E-state index in [4.69, 9.17) is 0 Å². The summed E-state index contributed by atoms with van der Waals surface area (Å²) in [6.45, 7) is 17.1. The first-order valence-electron chi connectivity index (χ1n) is 43.8. The highest BCUT2D eigenvalue weighted by Crippen LogP contribution is 2.64. The van der Waals surface area contributed by atoms with E-state index in [1.165, 1.54) is 219 Å². The Kier molecular flexibility index (Phi) is 16.4. The lowest BCUT2D eigenvalue weighted by Gasteiger charge is -2.57. The summed E-state index contributed by atoms with van der Waals surface area (Å²) in [7, 11) is -1.46. The Bertz CT molecular complexity index is 6380. The molecule has 0 amide bonds. The molecule has 0 N–H and O–H groups in total. The van der Waals surface area contributed by atoms with Gasteiger partial charge in [-0.1, -0.05) is 265 Å². The second-order valence-corrected chi connectivity index (χ2v) is 45.5. The van der Waals surface area contributed by atoms with Gasteiger partial charge in [0.25, 0.3) is 0 Å². The molecule has 8 bridgehead atoms. The van der Waals surface area contributed by atoms with Gasteiger partial charge in [0.15, 0.2) is 0 Å². The Morgan fingerprint density at radius 2 is 0.607 bits per heavy atom. The van der Waals surface area contributed by atoms with E-state index in [1.54, 1.807) is 11.1 Å². The minimum atomic E-state index is -1.46. The van der Waals surface area contributed by atoms with Crippen molar-refractivity contribution in [2.45, 2.75) is 146 Å². The molecule has 0 saturated heterocycles. The summed E-state index contributed by atoms with van der Waals surface area (Å²) in [5.41, 5.74) is 36.0. The van der Waals surface area contributed by atoms with Crippen molar-refractivity contribution in [3.8, 4) is 89.0 Å². The first-order valence-corrected chi connectivity index (χ1v) is 48.1. The molecule has 8 saturated carbocycles. The smallest absolute Gasteiger partial charge is 0.0775 e. The molecule has 8 fully saturated rings. The Balaban J connectivity index is 0.588. The molecule has 14 aromatic carbocycles. The number of hydrogen-bond donors (Lipinski definition) is 0. The number of hydrogen-bond acceptors (Lipinski definition) is 3. The number of rotatable bonds is 15. The van der Waals surface area contributed by atoms with Crippen molar-refractivity contribution in [3.63, 3.8) is 0 Å². The van der Waals surface area contributed by atoms with Gasteiger partial charge in [-0.25, -0.2) is 0 Å². The first-order chi connectivity index (χ1) is 56.9. The van der Waals surface area contributed by atoms with Gasteiger partial charge in [0.05, 0.1) is 18.5 Å². The lowest BCUT2D eigenvalue weighted by atomic mass is 9.48. The maximum atomic E-state index is 2.57. The Morgan fingerprint density at radius 3 is 1.06 bits per heavy atom. The predicted octanol–water partition coefficient (Wildman–Crippen LogP) is 31.1. The molecule has 574 valence electrons. The SMILES string of the molecule is CC1(C)c2cc(-c3ccc(C45CC6CC(CC(C6)C4)C5)cc3)ccc2-c2ccc(N(c3ccc(-c4ccc([Si](C)(C)C)cc4)cc3)c3ccc(-c4cccc(-c5cc(N(c6ccc(-c7ccccc7)cc6)c6ccc7c(c6)C(C)(C)c6cc(-c8ccc(C9%10CC%11CC(CC(C%11)C9)C%10)cc8)ccc6-7)c6sc7ccccc7c6c5)c4)cc3)cc21. The van der Waals surface area contributed by atoms with Crippen LogP contribution in [0.15, 0.2) is 309 Å². The Labute approximate surface area is 697 Å². The van der Waals surface area contributed by atoms with Crippen LogP contribution in [-0.2, 0) is 21.7 Å². The molecule has 0 spiro atoms. The lowest BCUT2D eigenvalue weighted by Crippen LogP contribution is -2.48. The summed E-state index contributed by atoms with van der Waals surface area (Å²) in [5, 5.41) is 4.02. The van der Waals surface area contributed by atoms with Crippen LogP contribution in [0.2, 0.25) is 19.6 Å². The topological polar surface area (TPSA) is 6.48 Å². The fraction of sp³-hybridized carbons (Fsp3) is 0.257. The molecule has 0 radical (unpaired) electrons. The van der Waals surface area contributed by atoms with Crippen molar-refractivity contribution >= 4 is 78.9 Å². The molecule has 10 aliphatic rings. The van der Waals surface area contributed by atoms with Crippen LogP contribution in [0.25, 0.3) is 109 Å². The second-order valence-electron chi connectivity index (χ2n) is 39.3. The van der Waals surface area contributed by atoms with Gasteiger partial charge < -0.3 is 9.80 Å². The van der Waals surface area contributed by atoms with Crippen molar-refractivity contribution in [2.24, 2.45) is 35.5 Å². The molecule has 10 aliphatic carbocycles. The minimum absolute atomic E-state index is 0.227. The molecule has 0 aliphatic heterocycles. The summed E-state index contributed by atoms with van der Waals surface area (Å²) in [6.07, 6.45) is 17.2. The number of fused-ring (bicyclic) bond motifs is 9. The van der Waals surface area contributed by atoms with Crippen LogP contribution >= 0.6 is 11.3 Å². The zero-order valence-electron chi connectivity index (χ0n) is 68.7. The average Bonchev–Trinajstić information content (AvgIpc) is 1.53. The zero-order chi connectivity index (χ0) is 78.4. The highest BCUT2D eigenvalue weighted by atomic mass is 32.1. The number of anilines is 6. The normalized spacial score (nSPS) is 22.5. The van der Waals surface area contributed by atoms with Gasteiger partial charge in [-0.15, -0.1) is 11.3 Å². The molecule has 15 aromatic rings. The first kappa shape index (κ1) is 71.4. The standard InChI is InChI=1S/C113H102N2SSi/c1-110(2)103-60-86(81-20-34-89(35-21-81)112-65-71-52-72(66-112)54-73(53-71)67-112)32-48-97(103)99-50-44-94(63-105(99)110)114(91-38-24-79(25-39-91)80-30-46-96(47-31-80)117(5,6)7)92-40-28-83(29-41-92)84-16-13-17-85(58-84)88-59-102-101-18-11-12-19-108(101)116-109(102)107(62-88)115(93-42-26-78(27-43-93)77-14-9-8-10-15-77)95-45-51-100-98-49-33-87(61-104(98)111(3,4)106(100)64-95)82-22-36-90(37-23-82)113-68-74-55-75(69-113)57-76(56-74)70-113/h8-51,58-64,71-76H,52-57,65-70H2,1-7H3. The van der Waals surface area contributed by atoms with Crippen LogP contribution in [0.3, 0.4) is 0 Å². The van der Waals surface area contributed by atoms with E-state index in [-0.39, 0.29) is 10.8 Å². The second kappa shape index (κ2) is 26.8. The van der Waals surface area contributed by atoms with Gasteiger partial charge in [0.2, 0.25) is 0 Å². The molecule has 1 heterocycles. The quantitative estimate of drug-likeness (QED) is 0.0944. The van der Waals surface area contributed by atoms with Crippen LogP contribution in [0.1, 0.15) is 138 Å². The van der Waals surface area contributed by atoms with Gasteiger partial charge >= 0.3 is 0 Å². The number of benzene rings is 14. The van der Waals surface area contributed by atoms with E-state index in [9.17, 15) is 0 Å². The van der Waals surface area contributed by atoms with Crippen LogP contribution in [0.5, 0.6) is 0 Å². The van der Waals surface area contributed by atoms with Crippen molar-refractivity contribution in [2.75, 3.05) is 9.80 Å². The molecule has 25 rings (SSSR count). The highest BCUT2D eigenvalue weighted by molar-refractivity contribution is 7.26. The molecular weight excluding hydrogens is 1450 g/mol. The van der Waals surface area contributed by atoms with E-state index in [1.807, 2.05) is 11.3 Å². The largest absolute Gasteiger partial charge is 0.310 e. The lowest BCUT2D eigenvalue weighted by molar-refractivity contribution is -0.00530. The third-order valence-corrected chi connectivity index (χ3v) is 33.6. The Morgan fingerprint density at radius 1 is 0.274 bits per heavy atom. The van der Waals surface area contributed by atoms with Gasteiger partial charge in [0.1, 0.15) is 0 Å². The van der Waals surface area contributed by atoms with Gasteiger partial charge in [-0.3, -0.25) is 0 Å². The van der Waals surface area contributed by atoms with Gasteiger partial charge in [-0.05, 0) is 343 Å². The molecule has 0 unspecified atom stereocenters. The van der Waals surface area contributed by atoms with E-state index in [2.05, 4.69) is 367 Å². The molecule has 117 heavy (non-hydrogen) atoms. The summed E-state index contributed by atoms with van der Waals surface area (Å²) in [4.78, 5) is 5.05. The predicted molar refractivity (Wildman–Crippen MR) is 499 cm³/mol. The van der Waals surface area contributed by atoms with E-state index < -0.39 is 8.07 Å². The number of thiophene rings is 1. The summed E-state index contributed by atoms with van der Waals surface area (Å²) >= 11 is 1.90. The van der Waals surface area contributed by atoms with Gasteiger partial charge in [0, 0.05) is 54.7 Å². The van der Waals surface area contributed by atoms with Crippen molar-refractivity contribution in [1.82, 2.24) is 0 Å². The van der Waals surface area contributed by atoms with E-state index >= 15 is 0 Å². The monoisotopic (exact) mass is 1550 g/mol. The summed E-state index contributed by atoms with van der Waals surface area (Å²) in [6, 6.07) is 121. The molecular formula is C113H102N2SSi. The Hall–Kier alpha value is -10.9. The molecule has 1 aromatic heterocycles. The fourth-order valence-corrected chi connectivity index (χ4v) is 27.5. The highest BCUT2D eigenvalue weighted by Gasteiger charge is 2.53. The maximum absolute atomic E-state index is 2.57. The third-order valence-electron chi connectivity index (χ3n) is 30.4. The van der Waals surface area contributed by atoms with E-state index in [0.717, 1.165) is 63.9 Å². The van der Waals surface area contributed by atoms with Crippen LogP contribution in [0.4, 0.5) is 34.1 Å². The van der Waals surface area contributed by atoms with E-state index in [0.29, 0.717) is 10.8 Å². The molecule has 4 heteroatoms. The third kappa shape index (κ3) is 11.9. The van der Waals surface area contributed by atoms with Crippen molar-refractivity contribution in [3.05, 3.63) is 343 Å². The van der Waals surface area contributed by atoms with Crippen molar-refractivity contribution < 1.29 is 0 Å². The average molecular weight is 1550 g/mol. The fourth-order valence-electron chi connectivity index (χ4n) is 25.1. The minimum Gasteiger partial charge on any atom is -0.310 e. The van der Waals surface area contributed by atoms with Gasteiger partial charge in [-0.2, -0.15) is 0 Å². The maximum Gasteiger partial charge on any atom is 0.0775 e. The summed E-state index contributed by atoms with van der Waals surface area (Å²) in [5.74, 6) is 5.61. The van der Waals surface area contributed by atoms with Crippen molar-refractivity contribution in [1.29, 1.82) is 0 Å². The van der Waals surface area contributed by atoms with Crippen LogP contribution < -0.4 is 15.0 Å². The molecule has 2 nitrogen and oxygen atoms in total. The number of nitrogens with zero attached hydrogens (tertiary/aromatic N) is 2. The van der Waals surface area contributed by atoms with Crippen LogP contribution in [-0.4, -0.2) is 8.07 Å². The zero-order valence-corrected chi connectivity index (χ0v) is 70.5. The summed E-state index contributed by atoms with van der Waals surface area (Å²) < 4.78 is 2.55. The van der Waals surface area contributed by atoms with Crippen LogP contribution in [0, 0.1) is 35.5 Å².